The number of carbonyl (C=O) groups is 1. The summed E-state index contributed by atoms with van der Waals surface area (Å²) in [5, 5.41) is 0. The molecule has 0 spiro atoms. The van der Waals surface area contributed by atoms with Gasteiger partial charge >= 0.3 is 103 Å². The first-order chi connectivity index (χ1) is 10.3. The zero-order valence-electron chi connectivity index (χ0n) is 13.9. The van der Waals surface area contributed by atoms with Crippen molar-refractivity contribution >= 4 is 32.2 Å². The molecule has 0 unspecified atom stereocenters. The molecule has 0 atom stereocenters. The molecule has 0 radical (unpaired) electrons. The predicted molar refractivity (Wildman–Crippen MR) is 91.3 cm³/mol. The van der Waals surface area contributed by atoms with Crippen LogP contribution in [0, 0.1) is 0 Å². The summed E-state index contributed by atoms with van der Waals surface area (Å²) in [5.74, 6) is -0.00220. The van der Waals surface area contributed by atoms with Crippen molar-refractivity contribution in [1.29, 1.82) is 0 Å². The summed E-state index contributed by atoms with van der Waals surface area (Å²) in [7, 11) is 0. The first-order valence-electron chi connectivity index (χ1n) is 8.85. The van der Waals surface area contributed by atoms with Crippen molar-refractivity contribution in [3.8, 4) is 0 Å². The number of unbranched alkanes of at least 4 members (excludes halogenated alkanes) is 11. The maximum absolute atomic E-state index is 11.0. The zero-order valence-corrected chi connectivity index (χ0v) is 18.4. The van der Waals surface area contributed by atoms with E-state index in [2.05, 4.69) is 19.1 Å². The molecular weight excluding hydrogens is 453 g/mol. The van der Waals surface area contributed by atoms with E-state index >= 15 is 0 Å². The zero-order chi connectivity index (χ0) is 15.6. The fraction of sp³-hybridized carbons (Fsp3) is 0.833. The third kappa shape index (κ3) is 18.1. The van der Waals surface area contributed by atoms with Gasteiger partial charge in [0.05, 0.1) is 0 Å². The molecule has 0 bridgehead atoms. The summed E-state index contributed by atoms with van der Waals surface area (Å²) < 4.78 is 4.79. The molecule has 3 heteroatoms. The average molecular weight is 486 g/mol. The van der Waals surface area contributed by atoms with Crippen LogP contribution in [0.4, 0.5) is 0 Å². The summed E-state index contributed by atoms with van der Waals surface area (Å²) in [5.41, 5.74) is 0. The quantitative estimate of drug-likeness (QED) is 0.170. The van der Waals surface area contributed by atoms with Crippen LogP contribution in [0.2, 0.25) is 0 Å². The number of carbonyl (C=O) groups excluding carboxylic acids is 1. The van der Waals surface area contributed by atoms with E-state index in [4.69, 9.17) is 2.69 Å². The Morgan fingerprint density at radius 2 is 1.29 bits per heavy atom. The van der Waals surface area contributed by atoms with Crippen LogP contribution in [-0.2, 0) is 7.48 Å². The molecule has 0 saturated heterocycles. The van der Waals surface area contributed by atoms with E-state index in [0.717, 1.165) is 6.42 Å². The fourth-order valence-electron chi connectivity index (χ4n) is 2.40. The number of hydrogen-bond donors (Lipinski definition) is 0. The Kier molecular flexibility index (Phi) is 18.3. The summed E-state index contributed by atoms with van der Waals surface area (Å²) in [4.78, 5) is 11.0. The summed E-state index contributed by atoms with van der Waals surface area (Å²) in [6.45, 7) is 2.27. The minimum atomic E-state index is -0.00220. The first kappa shape index (κ1) is 21.1. The summed E-state index contributed by atoms with van der Waals surface area (Å²) >= 11 is 0.352. The van der Waals surface area contributed by atoms with Gasteiger partial charge in [0, 0.05) is 0 Å². The predicted octanol–water partition coefficient (Wildman–Crippen LogP) is 5.65. The van der Waals surface area contributed by atoms with Gasteiger partial charge < -0.3 is 0 Å². The number of rotatable bonds is 15. The van der Waals surface area contributed by atoms with Crippen molar-refractivity contribution in [3.05, 3.63) is 12.2 Å². The second kappa shape index (κ2) is 18.2. The third-order valence-corrected chi connectivity index (χ3v) is 4.80. The van der Waals surface area contributed by atoms with Crippen molar-refractivity contribution in [2.45, 2.75) is 96.8 Å². The van der Waals surface area contributed by atoms with Gasteiger partial charge in [-0.05, 0) is 6.42 Å². The van der Waals surface area contributed by atoms with Gasteiger partial charge in [-0.1, -0.05) is 39.0 Å². The molecule has 0 aliphatic rings. The van der Waals surface area contributed by atoms with Gasteiger partial charge in [0.25, 0.3) is 0 Å². The van der Waals surface area contributed by atoms with Crippen LogP contribution in [0.1, 0.15) is 96.8 Å². The number of allylic oxidation sites excluding steroid dienone is 2. The van der Waals surface area contributed by atoms with Crippen LogP contribution in [0.15, 0.2) is 12.2 Å². The molecule has 0 aromatic carbocycles. The molecule has 2 nitrogen and oxygen atoms in total. The van der Waals surface area contributed by atoms with Crippen LogP contribution in [0.5, 0.6) is 0 Å². The van der Waals surface area contributed by atoms with Crippen LogP contribution >= 0.6 is 0 Å². The van der Waals surface area contributed by atoms with Gasteiger partial charge in [0.2, 0.25) is 0 Å². The van der Waals surface area contributed by atoms with Crippen molar-refractivity contribution in [3.63, 3.8) is 0 Å². The van der Waals surface area contributed by atoms with E-state index in [9.17, 15) is 4.79 Å². The molecule has 0 saturated carbocycles. The summed E-state index contributed by atoms with van der Waals surface area (Å²) in [6, 6.07) is 0. The minimum absolute atomic E-state index is 0.00220. The maximum atomic E-state index is 11.0. The molecule has 120 valence electrons. The van der Waals surface area contributed by atoms with E-state index in [1.165, 1.54) is 77.0 Å². The molecule has 0 aliphatic carbocycles. The molecule has 0 N–H and O–H groups in total. The van der Waals surface area contributed by atoms with Crippen LogP contribution in [0.3, 0.4) is 0 Å². The van der Waals surface area contributed by atoms with E-state index in [1.807, 2.05) is 0 Å². The molecule has 0 heterocycles. The fourth-order valence-corrected chi connectivity index (χ4v) is 2.86. The number of hydrogen-bond acceptors (Lipinski definition) is 2. The van der Waals surface area contributed by atoms with Crippen LogP contribution in [-0.4, -0.2) is 32.2 Å². The normalized spacial score (nSPS) is 11.0. The van der Waals surface area contributed by atoms with Crippen molar-refractivity contribution in [2.75, 3.05) is 0 Å². The van der Waals surface area contributed by atoms with E-state index in [-0.39, 0.29) is 5.97 Å². The molecule has 0 rings (SSSR count). The summed E-state index contributed by atoms with van der Waals surface area (Å²) in [6.07, 6.45) is 22.1. The second-order valence-electron chi connectivity index (χ2n) is 5.82. The molecule has 21 heavy (non-hydrogen) atoms. The Hall–Kier alpha value is 0.132. The Balaban J connectivity index is 3.10. The van der Waals surface area contributed by atoms with Crippen molar-refractivity contribution < 1.29 is 7.48 Å². The molecule has 0 aromatic heterocycles. The van der Waals surface area contributed by atoms with Gasteiger partial charge in [0.15, 0.2) is 0 Å². The Bertz CT molecular complexity index is 252. The molecule has 0 aromatic rings. The standard InChI is InChI=1S/C18H34O2.Tl/c1-2-3-4-5-6-7-8-9-10-11-12-13-14-15-16-17-18(19)20;/h9-10H,2-8,11-17H2,1H3,(H,19,20);/q;+1/p-1/b10-9-;. The average Bonchev–Trinajstić information content (AvgIpc) is 2.50. The molecule has 0 aliphatic heterocycles. The second-order valence-corrected chi connectivity index (χ2v) is 6.74. The van der Waals surface area contributed by atoms with E-state index in [1.54, 1.807) is 0 Å². The Morgan fingerprint density at radius 3 is 1.81 bits per heavy atom. The third-order valence-electron chi connectivity index (χ3n) is 3.77. The van der Waals surface area contributed by atoms with Crippen molar-refractivity contribution in [1.82, 2.24) is 0 Å². The van der Waals surface area contributed by atoms with Crippen LogP contribution < -0.4 is 0 Å². The van der Waals surface area contributed by atoms with Crippen LogP contribution in [0.25, 0.3) is 0 Å². The van der Waals surface area contributed by atoms with Gasteiger partial charge in [0.1, 0.15) is 0 Å². The Morgan fingerprint density at radius 1 is 0.810 bits per heavy atom. The van der Waals surface area contributed by atoms with Crippen molar-refractivity contribution in [2.24, 2.45) is 0 Å². The van der Waals surface area contributed by atoms with Gasteiger partial charge in [-0.25, -0.2) is 0 Å². The molecular formula is C18H33O2Tl. The Labute approximate surface area is 148 Å². The van der Waals surface area contributed by atoms with E-state index < -0.39 is 0 Å². The topological polar surface area (TPSA) is 26.3 Å². The SMILES string of the molecule is CCCCCCCC/C=C\CCCCCCCC(=O)[O][Tl]. The van der Waals surface area contributed by atoms with E-state index in [0.29, 0.717) is 32.6 Å². The molecule has 0 fully saturated rings. The van der Waals surface area contributed by atoms with Gasteiger partial charge in [-0.15, -0.1) is 0 Å². The molecule has 0 amide bonds. The van der Waals surface area contributed by atoms with Gasteiger partial charge in [-0.2, -0.15) is 0 Å². The monoisotopic (exact) mass is 486 g/mol. The first-order valence-corrected chi connectivity index (χ1v) is 10.7. The van der Waals surface area contributed by atoms with Gasteiger partial charge in [-0.3, -0.25) is 0 Å².